The van der Waals surface area contributed by atoms with E-state index in [1.807, 2.05) is 18.2 Å². The second kappa shape index (κ2) is 8.49. The largest absolute Gasteiger partial charge is 0.326 e. The fraction of sp³-hybridized carbons (Fsp3) is 0.381. The molecular formula is C21H25NO3S. The summed E-state index contributed by atoms with van der Waals surface area (Å²) in [5.41, 5.74) is 1.76. The van der Waals surface area contributed by atoms with E-state index >= 15 is 0 Å². The molecule has 0 aliphatic heterocycles. The summed E-state index contributed by atoms with van der Waals surface area (Å²) in [6.07, 6.45) is 5.44. The van der Waals surface area contributed by atoms with Crippen molar-refractivity contribution in [1.29, 1.82) is 0 Å². The first-order valence-electron chi connectivity index (χ1n) is 9.23. The van der Waals surface area contributed by atoms with E-state index < -0.39 is 9.84 Å². The van der Waals surface area contributed by atoms with Gasteiger partial charge in [-0.3, -0.25) is 4.79 Å². The summed E-state index contributed by atoms with van der Waals surface area (Å²) in [4.78, 5) is 12.5. The topological polar surface area (TPSA) is 63.2 Å². The van der Waals surface area contributed by atoms with Gasteiger partial charge in [0.1, 0.15) is 0 Å². The first-order chi connectivity index (χ1) is 12.6. The van der Waals surface area contributed by atoms with E-state index in [0.717, 1.165) is 38.5 Å². The molecule has 0 spiro atoms. The third kappa shape index (κ3) is 4.73. The van der Waals surface area contributed by atoms with E-state index in [9.17, 15) is 13.2 Å². The molecule has 0 unspecified atom stereocenters. The normalized spacial score (nSPS) is 15.1. The fourth-order valence-corrected chi connectivity index (χ4v) is 5.36. The molecule has 1 aliphatic rings. The van der Waals surface area contributed by atoms with Crippen LogP contribution in [0.4, 0.5) is 5.69 Å². The van der Waals surface area contributed by atoms with Crippen LogP contribution < -0.4 is 5.32 Å². The lowest BCUT2D eigenvalue weighted by atomic mass is 10.1. The summed E-state index contributed by atoms with van der Waals surface area (Å²) in [6, 6.07) is 16.7. The number of rotatable bonds is 7. The zero-order valence-corrected chi connectivity index (χ0v) is 15.7. The Hall–Kier alpha value is -2.14. The van der Waals surface area contributed by atoms with Crippen LogP contribution in [0, 0.1) is 0 Å². The number of hydrogen-bond donors (Lipinski definition) is 1. The van der Waals surface area contributed by atoms with Crippen LogP contribution in [0.15, 0.2) is 59.5 Å². The van der Waals surface area contributed by atoms with E-state index in [1.165, 1.54) is 5.56 Å². The maximum atomic E-state index is 12.7. The monoisotopic (exact) mass is 371 g/mol. The highest BCUT2D eigenvalue weighted by molar-refractivity contribution is 7.92. The molecule has 3 rings (SSSR count). The van der Waals surface area contributed by atoms with Crippen LogP contribution in [0.1, 0.15) is 44.1 Å². The molecule has 5 heteroatoms. The van der Waals surface area contributed by atoms with Gasteiger partial charge in [0.15, 0.2) is 9.84 Å². The number of anilines is 1. The first kappa shape index (κ1) is 18.6. The SMILES string of the molecule is O=C(CCCc1ccccc1)Nc1cccc(S(=O)(=O)C2CCCC2)c1. The smallest absolute Gasteiger partial charge is 0.224 e. The Kier molecular flexibility index (Phi) is 6.09. The van der Waals surface area contributed by atoms with Gasteiger partial charge in [-0.25, -0.2) is 8.42 Å². The lowest BCUT2D eigenvalue weighted by Crippen LogP contribution is -2.18. The van der Waals surface area contributed by atoms with Crippen LogP contribution in [0.3, 0.4) is 0 Å². The number of hydrogen-bond acceptors (Lipinski definition) is 3. The Bertz CT molecular complexity index is 841. The number of sulfone groups is 1. The molecule has 4 nitrogen and oxygen atoms in total. The van der Waals surface area contributed by atoms with Gasteiger partial charge in [0.05, 0.1) is 10.1 Å². The molecule has 0 saturated heterocycles. The van der Waals surface area contributed by atoms with Gasteiger partial charge in [-0.2, -0.15) is 0 Å². The van der Waals surface area contributed by atoms with E-state index in [4.69, 9.17) is 0 Å². The van der Waals surface area contributed by atoms with Crippen molar-refractivity contribution in [2.45, 2.75) is 55.1 Å². The number of benzene rings is 2. The quantitative estimate of drug-likeness (QED) is 0.786. The molecule has 1 amide bonds. The van der Waals surface area contributed by atoms with Gasteiger partial charge >= 0.3 is 0 Å². The molecule has 2 aromatic rings. The van der Waals surface area contributed by atoms with Gasteiger partial charge < -0.3 is 5.32 Å². The molecular weight excluding hydrogens is 346 g/mol. The number of aryl methyl sites for hydroxylation is 1. The van der Waals surface area contributed by atoms with E-state index in [-0.39, 0.29) is 11.2 Å². The van der Waals surface area contributed by atoms with Gasteiger partial charge in [-0.05, 0) is 49.4 Å². The Morgan fingerprint density at radius 1 is 1.00 bits per heavy atom. The maximum absolute atomic E-state index is 12.7. The molecule has 26 heavy (non-hydrogen) atoms. The van der Waals surface area contributed by atoms with Crippen molar-refractivity contribution in [3.05, 3.63) is 60.2 Å². The summed E-state index contributed by atoms with van der Waals surface area (Å²) in [7, 11) is -3.30. The minimum absolute atomic E-state index is 0.0867. The van der Waals surface area contributed by atoms with Crippen LogP contribution >= 0.6 is 0 Å². The average molecular weight is 372 g/mol. The molecule has 0 radical (unpaired) electrons. The van der Waals surface area contributed by atoms with Crippen LogP contribution in [0.25, 0.3) is 0 Å². The highest BCUT2D eigenvalue weighted by Crippen LogP contribution is 2.30. The number of carbonyl (C=O) groups is 1. The molecule has 138 valence electrons. The van der Waals surface area contributed by atoms with Crippen molar-refractivity contribution in [1.82, 2.24) is 0 Å². The van der Waals surface area contributed by atoms with Gasteiger partial charge in [0.25, 0.3) is 0 Å². The average Bonchev–Trinajstić information content (AvgIpc) is 3.18. The number of carbonyl (C=O) groups excluding carboxylic acids is 1. The number of amides is 1. The van der Waals surface area contributed by atoms with Crippen LogP contribution in [0.5, 0.6) is 0 Å². The van der Waals surface area contributed by atoms with Crippen molar-refractivity contribution >= 4 is 21.4 Å². The second-order valence-electron chi connectivity index (χ2n) is 6.87. The Morgan fingerprint density at radius 2 is 1.73 bits per heavy atom. The number of nitrogens with one attached hydrogen (secondary N) is 1. The van der Waals surface area contributed by atoms with Crippen molar-refractivity contribution in [2.24, 2.45) is 0 Å². The minimum Gasteiger partial charge on any atom is -0.326 e. The van der Waals surface area contributed by atoms with Crippen LogP contribution in [-0.4, -0.2) is 19.6 Å². The standard InChI is InChI=1S/C21H25NO3S/c23-21(15-6-10-17-8-2-1-3-9-17)22-18-11-7-14-20(16-18)26(24,25)19-12-4-5-13-19/h1-3,7-9,11,14,16,19H,4-6,10,12-13,15H2,(H,22,23). The minimum atomic E-state index is -3.30. The summed E-state index contributed by atoms with van der Waals surface area (Å²) >= 11 is 0. The second-order valence-corrected chi connectivity index (χ2v) is 9.09. The molecule has 2 aromatic carbocycles. The molecule has 1 N–H and O–H groups in total. The molecule has 1 saturated carbocycles. The Morgan fingerprint density at radius 3 is 2.46 bits per heavy atom. The predicted octanol–water partition coefficient (Wildman–Crippen LogP) is 4.36. The predicted molar refractivity (Wildman–Crippen MR) is 104 cm³/mol. The summed E-state index contributed by atoms with van der Waals surface area (Å²) < 4.78 is 25.4. The summed E-state index contributed by atoms with van der Waals surface area (Å²) in [5.74, 6) is -0.0867. The highest BCUT2D eigenvalue weighted by Gasteiger charge is 2.30. The zero-order valence-electron chi connectivity index (χ0n) is 14.9. The van der Waals surface area contributed by atoms with Crippen molar-refractivity contribution in [3.8, 4) is 0 Å². The first-order valence-corrected chi connectivity index (χ1v) is 10.8. The molecule has 0 atom stereocenters. The van der Waals surface area contributed by atoms with E-state index in [2.05, 4.69) is 17.4 Å². The van der Waals surface area contributed by atoms with E-state index in [1.54, 1.807) is 24.3 Å². The van der Waals surface area contributed by atoms with Gasteiger partial charge in [-0.15, -0.1) is 0 Å². The van der Waals surface area contributed by atoms with Gasteiger partial charge in [0.2, 0.25) is 5.91 Å². The Labute approximate surface area is 155 Å². The van der Waals surface area contributed by atoms with Crippen molar-refractivity contribution in [3.63, 3.8) is 0 Å². The van der Waals surface area contributed by atoms with Crippen LogP contribution in [-0.2, 0) is 21.1 Å². The van der Waals surface area contributed by atoms with Crippen molar-refractivity contribution in [2.75, 3.05) is 5.32 Å². The molecule has 1 fully saturated rings. The fourth-order valence-electron chi connectivity index (χ4n) is 3.46. The third-order valence-corrected chi connectivity index (χ3v) is 7.16. The Balaban J connectivity index is 1.57. The van der Waals surface area contributed by atoms with E-state index in [0.29, 0.717) is 17.0 Å². The van der Waals surface area contributed by atoms with Gasteiger partial charge in [0, 0.05) is 12.1 Å². The zero-order chi connectivity index (χ0) is 18.4. The van der Waals surface area contributed by atoms with Crippen molar-refractivity contribution < 1.29 is 13.2 Å². The maximum Gasteiger partial charge on any atom is 0.224 e. The molecule has 0 aromatic heterocycles. The lowest BCUT2D eigenvalue weighted by Gasteiger charge is -2.12. The van der Waals surface area contributed by atoms with Crippen LogP contribution in [0.2, 0.25) is 0 Å². The third-order valence-electron chi connectivity index (χ3n) is 4.90. The molecule has 0 bridgehead atoms. The molecule has 1 aliphatic carbocycles. The lowest BCUT2D eigenvalue weighted by molar-refractivity contribution is -0.116. The molecule has 0 heterocycles. The summed E-state index contributed by atoms with van der Waals surface area (Å²) in [5, 5.41) is 2.55. The summed E-state index contributed by atoms with van der Waals surface area (Å²) in [6.45, 7) is 0. The van der Waals surface area contributed by atoms with Gasteiger partial charge in [-0.1, -0.05) is 49.2 Å². The highest BCUT2D eigenvalue weighted by atomic mass is 32.2.